The average molecular weight is 466 g/mol. The van der Waals surface area contributed by atoms with E-state index in [0.717, 1.165) is 61.1 Å². The molecule has 0 amide bonds. The molecule has 2 aromatic carbocycles. The van der Waals surface area contributed by atoms with E-state index >= 15 is 0 Å². The molecule has 5 rings (SSSR count). The van der Waals surface area contributed by atoms with Gasteiger partial charge in [0.05, 0.1) is 24.6 Å². The van der Waals surface area contributed by atoms with E-state index in [1.165, 1.54) is 6.07 Å². The van der Waals surface area contributed by atoms with Crippen LogP contribution in [-0.2, 0) is 17.7 Å². The van der Waals surface area contributed by atoms with E-state index in [1.54, 1.807) is 12.1 Å². The van der Waals surface area contributed by atoms with E-state index in [1.807, 2.05) is 41.8 Å². The molecule has 1 saturated heterocycles. The molecule has 1 aliphatic heterocycles. The Labute approximate surface area is 197 Å². The molecule has 2 aromatic heterocycles. The van der Waals surface area contributed by atoms with Crippen molar-refractivity contribution in [2.24, 2.45) is 0 Å². The number of aryl methyl sites for hydroxylation is 1. The summed E-state index contributed by atoms with van der Waals surface area (Å²) in [5, 5.41) is 8.62. The molecule has 1 aliphatic rings. The van der Waals surface area contributed by atoms with Crippen molar-refractivity contribution in [3.63, 3.8) is 0 Å². The zero-order valence-corrected chi connectivity index (χ0v) is 19.1. The standard InChI is InChI=1S/C25H25ClFN5O/c1-17-23(13-18-7-8-20(26)15-22(18)27)32-25(28-17)19(16-31-9-11-33-12-10-31)14-24(30-32)29-21-5-3-2-4-6-21/h2-8,14-15H,9-13,16H2,1H3,(H,29,30). The van der Waals surface area contributed by atoms with E-state index in [2.05, 4.69) is 16.3 Å². The van der Waals surface area contributed by atoms with Crippen LogP contribution in [0.3, 0.4) is 0 Å². The molecule has 33 heavy (non-hydrogen) atoms. The van der Waals surface area contributed by atoms with Gasteiger partial charge in [-0.15, -0.1) is 5.10 Å². The summed E-state index contributed by atoms with van der Waals surface area (Å²) in [7, 11) is 0. The third-order valence-corrected chi connectivity index (χ3v) is 6.11. The third-order valence-electron chi connectivity index (χ3n) is 5.87. The molecule has 0 unspecified atom stereocenters. The number of morpholine rings is 1. The first-order valence-electron chi connectivity index (χ1n) is 11.0. The van der Waals surface area contributed by atoms with Crippen LogP contribution in [0.15, 0.2) is 54.6 Å². The summed E-state index contributed by atoms with van der Waals surface area (Å²) >= 11 is 5.94. The van der Waals surface area contributed by atoms with Crippen LogP contribution in [0.1, 0.15) is 22.5 Å². The summed E-state index contributed by atoms with van der Waals surface area (Å²) in [4.78, 5) is 7.19. The Morgan fingerprint density at radius 3 is 2.61 bits per heavy atom. The number of halogens is 2. The summed E-state index contributed by atoms with van der Waals surface area (Å²) in [5.41, 5.74) is 5.05. The van der Waals surface area contributed by atoms with E-state index in [0.29, 0.717) is 22.8 Å². The number of hydrogen-bond acceptors (Lipinski definition) is 5. The van der Waals surface area contributed by atoms with Gasteiger partial charge in [-0.3, -0.25) is 4.90 Å². The molecule has 1 fully saturated rings. The highest BCUT2D eigenvalue weighted by molar-refractivity contribution is 6.30. The highest BCUT2D eigenvalue weighted by Crippen LogP contribution is 2.25. The molecule has 0 atom stereocenters. The lowest BCUT2D eigenvalue weighted by molar-refractivity contribution is 0.0343. The number of ether oxygens (including phenoxy) is 1. The number of benzene rings is 2. The van der Waals surface area contributed by atoms with Crippen molar-refractivity contribution in [3.05, 3.63) is 88.0 Å². The molecule has 6 nitrogen and oxygen atoms in total. The minimum Gasteiger partial charge on any atom is -0.379 e. The molecule has 0 aliphatic carbocycles. The minimum atomic E-state index is -0.330. The molecule has 1 N–H and O–H groups in total. The monoisotopic (exact) mass is 465 g/mol. The van der Waals surface area contributed by atoms with E-state index in [-0.39, 0.29) is 5.82 Å². The molecule has 0 bridgehead atoms. The predicted octanol–water partition coefficient (Wildman–Crippen LogP) is 5.00. The molecular formula is C25H25ClFN5O. The smallest absolute Gasteiger partial charge is 0.158 e. The van der Waals surface area contributed by atoms with Crippen LogP contribution in [0.2, 0.25) is 5.02 Å². The van der Waals surface area contributed by atoms with Gasteiger partial charge in [0.1, 0.15) is 5.82 Å². The van der Waals surface area contributed by atoms with Gasteiger partial charge in [0, 0.05) is 42.3 Å². The summed E-state index contributed by atoms with van der Waals surface area (Å²) in [6.45, 7) is 5.89. The van der Waals surface area contributed by atoms with Crippen molar-refractivity contribution in [3.8, 4) is 0 Å². The summed E-state index contributed by atoms with van der Waals surface area (Å²) in [5.74, 6) is 0.385. The lowest BCUT2D eigenvalue weighted by Crippen LogP contribution is -2.35. The maximum absolute atomic E-state index is 14.6. The van der Waals surface area contributed by atoms with Gasteiger partial charge < -0.3 is 10.1 Å². The summed E-state index contributed by atoms with van der Waals surface area (Å²) in [6, 6.07) is 16.7. The second-order valence-electron chi connectivity index (χ2n) is 8.23. The summed E-state index contributed by atoms with van der Waals surface area (Å²) < 4.78 is 21.9. The van der Waals surface area contributed by atoms with Crippen LogP contribution in [-0.4, -0.2) is 45.8 Å². The second-order valence-corrected chi connectivity index (χ2v) is 8.66. The van der Waals surface area contributed by atoms with Gasteiger partial charge in [0.2, 0.25) is 0 Å². The van der Waals surface area contributed by atoms with Crippen LogP contribution in [0, 0.1) is 12.7 Å². The number of hydrogen-bond donors (Lipinski definition) is 1. The van der Waals surface area contributed by atoms with Crippen LogP contribution < -0.4 is 5.32 Å². The molecule has 8 heteroatoms. The Morgan fingerprint density at radius 1 is 1.06 bits per heavy atom. The van der Waals surface area contributed by atoms with Gasteiger partial charge in [-0.1, -0.05) is 35.9 Å². The Bertz CT molecular complexity index is 1270. The van der Waals surface area contributed by atoms with Crippen molar-refractivity contribution in [2.75, 3.05) is 31.6 Å². The van der Waals surface area contributed by atoms with Gasteiger partial charge in [-0.2, -0.15) is 0 Å². The van der Waals surface area contributed by atoms with Gasteiger partial charge >= 0.3 is 0 Å². The molecule has 4 aromatic rings. The van der Waals surface area contributed by atoms with Gasteiger partial charge in [-0.25, -0.2) is 13.9 Å². The van der Waals surface area contributed by atoms with E-state index in [9.17, 15) is 4.39 Å². The first-order valence-corrected chi connectivity index (χ1v) is 11.4. The minimum absolute atomic E-state index is 0.330. The topological polar surface area (TPSA) is 54.7 Å². The Morgan fingerprint density at radius 2 is 1.85 bits per heavy atom. The number of nitrogens with zero attached hydrogens (tertiary/aromatic N) is 4. The number of aromatic nitrogens is 3. The Hall–Kier alpha value is -3.00. The number of fused-ring (bicyclic) bond motifs is 1. The lowest BCUT2D eigenvalue weighted by atomic mass is 10.1. The van der Waals surface area contributed by atoms with Crippen LogP contribution in [0.4, 0.5) is 15.9 Å². The number of para-hydroxylation sites is 1. The van der Waals surface area contributed by atoms with Crippen molar-refractivity contribution in [2.45, 2.75) is 19.9 Å². The van der Waals surface area contributed by atoms with Crippen LogP contribution in [0.25, 0.3) is 5.65 Å². The van der Waals surface area contributed by atoms with Gasteiger partial charge in [-0.05, 0) is 42.8 Å². The first-order chi connectivity index (χ1) is 16.1. The second kappa shape index (κ2) is 9.47. The fourth-order valence-corrected chi connectivity index (χ4v) is 4.29. The highest BCUT2D eigenvalue weighted by Gasteiger charge is 2.19. The number of rotatable bonds is 6. The van der Waals surface area contributed by atoms with Gasteiger partial charge in [0.15, 0.2) is 11.5 Å². The normalized spacial score (nSPS) is 14.6. The predicted molar refractivity (Wildman–Crippen MR) is 128 cm³/mol. The molecule has 0 radical (unpaired) electrons. The fraction of sp³-hybridized carbons (Fsp3) is 0.280. The highest BCUT2D eigenvalue weighted by atomic mass is 35.5. The Kier molecular flexibility index (Phi) is 6.26. The Balaban J connectivity index is 1.57. The maximum Gasteiger partial charge on any atom is 0.158 e. The maximum atomic E-state index is 14.6. The lowest BCUT2D eigenvalue weighted by Gasteiger charge is -2.26. The summed E-state index contributed by atoms with van der Waals surface area (Å²) in [6.07, 6.45) is 0.370. The number of nitrogens with one attached hydrogen (secondary N) is 1. The molecule has 3 heterocycles. The van der Waals surface area contributed by atoms with Crippen LogP contribution in [0.5, 0.6) is 0 Å². The molecule has 170 valence electrons. The van der Waals surface area contributed by atoms with Crippen molar-refractivity contribution >= 4 is 28.8 Å². The SMILES string of the molecule is Cc1nc2c(CN3CCOCC3)cc(Nc3ccccc3)nn2c1Cc1ccc(Cl)cc1F. The van der Waals surface area contributed by atoms with E-state index in [4.69, 9.17) is 26.4 Å². The number of anilines is 2. The van der Waals surface area contributed by atoms with Crippen LogP contribution >= 0.6 is 11.6 Å². The molecule has 0 saturated carbocycles. The third kappa shape index (κ3) is 4.85. The van der Waals surface area contributed by atoms with Crippen molar-refractivity contribution < 1.29 is 9.13 Å². The van der Waals surface area contributed by atoms with E-state index < -0.39 is 0 Å². The average Bonchev–Trinajstić information content (AvgIpc) is 3.12. The first kappa shape index (κ1) is 21.8. The van der Waals surface area contributed by atoms with Crippen molar-refractivity contribution in [1.82, 2.24) is 19.5 Å². The largest absolute Gasteiger partial charge is 0.379 e. The zero-order chi connectivity index (χ0) is 22.8. The quantitative estimate of drug-likeness (QED) is 0.434. The van der Waals surface area contributed by atoms with Gasteiger partial charge in [0.25, 0.3) is 0 Å². The molecular weight excluding hydrogens is 441 g/mol. The van der Waals surface area contributed by atoms with Crippen molar-refractivity contribution in [1.29, 1.82) is 0 Å². The molecule has 0 spiro atoms. The number of imidazole rings is 1. The fourth-order valence-electron chi connectivity index (χ4n) is 4.13. The zero-order valence-electron chi connectivity index (χ0n) is 18.4.